The van der Waals surface area contributed by atoms with Crippen LogP contribution in [0.4, 0.5) is 0 Å². The molecule has 2 rings (SSSR count). The van der Waals surface area contributed by atoms with E-state index in [-0.39, 0.29) is 6.61 Å². The van der Waals surface area contributed by atoms with Crippen LogP contribution in [-0.2, 0) is 12.4 Å². The highest BCUT2D eigenvalue weighted by Gasteiger charge is 2.14. The van der Waals surface area contributed by atoms with E-state index < -0.39 is 0 Å². The molecule has 0 aliphatic carbocycles. The van der Waals surface area contributed by atoms with E-state index in [9.17, 15) is 5.11 Å². The lowest BCUT2D eigenvalue weighted by Crippen LogP contribution is -2.33. The standard InChI is InChI=1S/C16H21ClN2OS/c1-12(2)19(7-8-20)10-13-5-3-4-6-15(13)16-18-14(9-17)11-21-16/h3-6,11-12,20H,7-10H2,1-2H3. The number of halogens is 1. The number of aliphatic hydroxyl groups is 1. The second-order valence-corrected chi connectivity index (χ2v) is 6.35. The van der Waals surface area contributed by atoms with Crippen LogP contribution < -0.4 is 0 Å². The molecule has 1 N–H and O–H groups in total. The van der Waals surface area contributed by atoms with Crippen molar-refractivity contribution in [3.8, 4) is 10.6 Å². The largest absolute Gasteiger partial charge is 0.395 e. The molecular weight excluding hydrogens is 304 g/mol. The van der Waals surface area contributed by atoms with Gasteiger partial charge in [-0.2, -0.15) is 0 Å². The van der Waals surface area contributed by atoms with E-state index in [4.69, 9.17) is 11.6 Å². The summed E-state index contributed by atoms with van der Waals surface area (Å²) in [4.78, 5) is 6.84. The summed E-state index contributed by atoms with van der Waals surface area (Å²) in [6, 6.07) is 8.70. The highest BCUT2D eigenvalue weighted by Crippen LogP contribution is 2.28. The Balaban J connectivity index is 2.27. The molecule has 1 heterocycles. The maximum Gasteiger partial charge on any atom is 0.123 e. The van der Waals surface area contributed by atoms with Crippen LogP contribution in [0.3, 0.4) is 0 Å². The fourth-order valence-electron chi connectivity index (χ4n) is 2.23. The van der Waals surface area contributed by atoms with E-state index >= 15 is 0 Å². The van der Waals surface area contributed by atoms with Crippen molar-refractivity contribution in [3.05, 3.63) is 40.9 Å². The van der Waals surface area contributed by atoms with E-state index in [1.807, 2.05) is 17.5 Å². The van der Waals surface area contributed by atoms with Gasteiger partial charge in [-0.1, -0.05) is 24.3 Å². The molecular formula is C16H21ClN2OS. The van der Waals surface area contributed by atoms with Gasteiger partial charge in [-0.3, -0.25) is 4.90 Å². The van der Waals surface area contributed by atoms with Gasteiger partial charge in [0.15, 0.2) is 0 Å². The normalized spacial score (nSPS) is 11.5. The molecule has 0 radical (unpaired) electrons. The summed E-state index contributed by atoms with van der Waals surface area (Å²) < 4.78 is 0. The molecule has 0 saturated carbocycles. The summed E-state index contributed by atoms with van der Waals surface area (Å²) in [5.41, 5.74) is 3.31. The average molecular weight is 325 g/mol. The predicted molar refractivity (Wildman–Crippen MR) is 89.7 cm³/mol. The number of hydrogen-bond donors (Lipinski definition) is 1. The molecule has 3 nitrogen and oxygen atoms in total. The van der Waals surface area contributed by atoms with Gasteiger partial charge in [0.1, 0.15) is 5.01 Å². The number of nitrogens with zero attached hydrogens (tertiary/aromatic N) is 2. The Morgan fingerprint density at radius 2 is 2.10 bits per heavy atom. The number of thiazole rings is 1. The molecule has 0 aliphatic rings. The van der Waals surface area contributed by atoms with Gasteiger partial charge in [0.05, 0.1) is 18.2 Å². The summed E-state index contributed by atoms with van der Waals surface area (Å²) >= 11 is 7.47. The Morgan fingerprint density at radius 1 is 1.33 bits per heavy atom. The van der Waals surface area contributed by atoms with Gasteiger partial charge >= 0.3 is 0 Å². The fraction of sp³-hybridized carbons (Fsp3) is 0.438. The second-order valence-electron chi connectivity index (χ2n) is 5.22. The van der Waals surface area contributed by atoms with Gasteiger partial charge in [0.2, 0.25) is 0 Å². The lowest BCUT2D eigenvalue weighted by atomic mass is 10.1. The van der Waals surface area contributed by atoms with Crippen molar-refractivity contribution in [2.45, 2.75) is 32.3 Å². The zero-order valence-corrected chi connectivity index (χ0v) is 14.0. The fourth-order valence-corrected chi connectivity index (χ4v) is 3.33. The summed E-state index contributed by atoms with van der Waals surface area (Å²) in [7, 11) is 0. The van der Waals surface area contributed by atoms with E-state index in [1.165, 1.54) is 5.56 Å². The summed E-state index contributed by atoms with van der Waals surface area (Å²) in [6.45, 7) is 5.95. The lowest BCUT2D eigenvalue weighted by molar-refractivity contribution is 0.159. The number of hydrogen-bond acceptors (Lipinski definition) is 4. The minimum atomic E-state index is 0.175. The SMILES string of the molecule is CC(C)N(CCO)Cc1ccccc1-c1nc(CCl)cs1. The van der Waals surface area contributed by atoms with Gasteiger partial charge in [-0.15, -0.1) is 22.9 Å². The van der Waals surface area contributed by atoms with Gasteiger partial charge in [-0.25, -0.2) is 4.98 Å². The summed E-state index contributed by atoms with van der Waals surface area (Å²) in [5.74, 6) is 0.446. The van der Waals surface area contributed by atoms with Crippen LogP contribution in [0.15, 0.2) is 29.6 Å². The van der Waals surface area contributed by atoms with Crippen LogP contribution >= 0.6 is 22.9 Å². The van der Waals surface area contributed by atoms with Crippen molar-refractivity contribution >= 4 is 22.9 Å². The minimum absolute atomic E-state index is 0.175. The number of aromatic nitrogens is 1. The first-order valence-electron chi connectivity index (χ1n) is 7.09. The third kappa shape index (κ3) is 4.27. The van der Waals surface area contributed by atoms with Crippen molar-refractivity contribution in [2.24, 2.45) is 0 Å². The predicted octanol–water partition coefficient (Wildman–Crippen LogP) is 3.75. The first kappa shape index (κ1) is 16.4. The molecule has 2 aromatic rings. The molecule has 5 heteroatoms. The smallest absolute Gasteiger partial charge is 0.123 e. The van der Waals surface area contributed by atoms with Crippen LogP contribution in [-0.4, -0.2) is 34.2 Å². The monoisotopic (exact) mass is 324 g/mol. The van der Waals surface area contributed by atoms with Crippen LogP contribution in [0.1, 0.15) is 25.1 Å². The van der Waals surface area contributed by atoms with Gasteiger partial charge in [0.25, 0.3) is 0 Å². The summed E-state index contributed by atoms with van der Waals surface area (Å²) in [5, 5.41) is 12.2. The van der Waals surface area contributed by atoms with Gasteiger partial charge in [0, 0.05) is 30.1 Å². The highest BCUT2D eigenvalue weighted by atomic mass is 35.5. The second kappa shape index (κ2) is 7.90. The van der Waals surface area contributed by atoms with Crippen LogP contribution in [0.25, 0.3) is 10.6 Å². The number of aliphatic hydroxyl groups excluding tert-OH is 1. The molecule has 0 saturated heterocycles. The van der Waals surface area contributed by atoms with Gasteiger partial charge in [-0.05, 0) is 19.4 Å². The first-order chi connectivity index (χ1) is 10.2. The summed E-state index contributed by atoms with van der Waals surface area (Å²) in [6.07, 6.45) is 0. The van der Waals surface area contributed by atoms with E-state index in [2.05, 4.69) is 35.9 Å². The minimum Gasteiger partial charge on any atom is -0.395 e. The molecule has 1 aromatic heterocycles. The maximum absolute atomic E-state index is 9.22. The Bertz CT molecular complexity index is 571. The molecule has 0 bridgehead atoms. The van der Waals surface area contributed by atoms with Crippen LogP contribution in [0.5, 0.6) is 0 Å². The number of benzene rings is 1. The van der Waals surface area contributed by atoms with Crippen molar-refractivity contribution in [1.82, 2.24) is 9.88 Å². The van der Waals surface area contributed by atoms with E-state index in [0.29, 0.717) is 18.5 Å². The van der Waals surface area contributed by atoms with Crippen molar-refractivity contribution < 1.29 is 5.11 Å². The van der Waals surface area contributed by atoms with Crippen LogP contribution in [0.2, 0.25) is 0 Å². The Kier molecular flexibility index (Phi) is 6.18. The maximum atomic E-state index is 9.22. The third-order valence-electron chi connectivity index (χ3n) is 3.43. The molecule has 0 aliphatic heterocycles. The van der Waals surface area contributed by atoms with Crippen molar-refractivity contribution in [3.63, 3.8) is 0 Å². The molecule has 0 unspecified atom stereocenters. The van der Waals surface area contributed by atoms with E-state index in [1.54, 1.807) is 11.3 Å². The topological polar surface area (TPSA) is 36.4 Å². The molecule has 114 valence electrons. The van der Waals surface area contributed by atoms with Crippen molar-refractivity contribution in [1.29, 1.82) is 0 Å². The van der Waals surface area contributed by atoms with E-state index in [0.717, 1.165) is 22.8 Å². The Hall–Kier alpha value is -0.940. The zero-order valence-electron chi connectivity index (χ0n) is 12.4. The highest BCUT2D eigenvalue weighted by molar-refractivity contribution is 7.13. The molecule has 21 heavy (non-hydrogen) atoms. The molecule has 0 fully saturated rings. The van der Waals surface area contributed by atoms with Crippen molar-refractivity contribution in [2.75, 3.05) is 13.2 Å². The lowest BCUT2D eigenvalue weighted by Gasteiger charge is -2.26. The molecule has 0 atom stereocenters. The molecule has 1 aromatic carbocycles. The van der Waals surface area contributed by atoms with Gasteiger partial charge < -0.3 is 5.11 Å². The first-order valence-corrected chi connectivity index (χ1v) is 8.50. The Labute approximate surface area is 135 Å². The number of alkyl halides is 1. The quantitative estimate of drug-likeness (QED) is 0.788. The average Bonchev–Trinajstić information content (AvgIpc) is 2.96. The molecule has 0 spiro atoms. The van der Waals surface area contributed by atoms with Crippen LogP contribution in [0, 0.1) is 0 Å². The molecule has 0 amide bonds. The zero-order chi connectivity index (χ0) is 15.2. The Morgan fingerprint density at radius 3 is 2.71 bits per heavy atom. The third-order valence-corrected chi connectivity index (χ3v) is 4.63. The number of rotatable bonds is 7.